The van der Waals surface area contributed by atoms with Gasteiger partial charge in [0.1, 0.15) is 6.04 Å². The molecule has 7 heteroatoms. The standard InChI is InChI=1S/C14H14N2O4S/c17-8-2-1-3-9-4-6-11(21-9)14(20)15-10-5-7-12(18)16-13(10)19/h4,6,10,17H,2,5,7-8H2,(H,15,20)(H,16,18,19). The number of nitrogens with one attached hydrogen (secondary N) is 2. The highest BCUT2D eigenvalue weighted by atomic mass is 32.1. The van der Waals surface area contributed by atoms with Crippen LogP contribution in [0.15, 0.2) is 12.1 Å². The zero-order valence-corrected chi connectivity index (χ0v) is 12.0. The Bertz CT molecular complexity index is 626. The number of thiophene rings is 1. The summed E-state index contributed by atoms with van der Waals surface area (Å²) in [6.45, 7) is 0.00122. The van der Waals surface area contributed by atoms with Gasteiger partial charge in [0.15, 0.2) is 0 Å². The number of aliphatic hydroxyl groups excluding tert-OH is 1. The molecule has 1 aliphatic heterocycles. The fourth-order valence-corrected chi connectivity index (χ4v) is 2.58. The molecule has 3 N–H and O–H groups in total. The van der Waals surface area contributed by atoms with Crippen molar-refractivity contribution in [2.24, 2.45) is 0 Å². The van der Waals surface area contributed by atoms with E-state index in [0.29, 0.717) is 17.7 Å². The molecule has 0 aromatic carbocycles. The Morgan fingerprint density at radius 2 is 2.29 bits per heavy atom. The van der Waals surface area contributed by atoms with Gasteiger partial charge < -0.3 is 10.4 Å². The van der Waals surface area contributed by atoms with Crippen LogP contribution in [0.5, 0.6) is 0 Å². The van der Waals surface area contributed by atoms with Crippen LogP contribution in [-0.4, -0.2) is 35.5 Å². The van der Waals surface area contributed by atoms with Crippen LogP contribution in [0, 0.1) is 11.8 Å². The van der Waals surface area contributed by atoms with Crippen molar-refractivity contribution in [1.82, 2.24) is 10.6 Å². The molecule has 1 aromatic rings. The Labute approximate surface area is 125 Å². The van der Waals surface area contributed by atoms with Gasteiger partial charge in [-0.3, -0.25) is 19.7 Å². The Morgan fingerprint density at radius 1 is 1.48 bits per heavy atom. The fraction of sp³-hybridized carbons (Fsp3) is 0.357. The van der Waals surface area contributed by atoms with Crippen LogP contribution >= 0.6 is 11.3 Å². The van der Waals surface area contributed by atoms with Crippen LogP contribution in [0.4, 0.5) is 0 Å². The van der Waals surface area contributed by atoms with Crippen LogP contribution in [0.3, 0.4) is 0 Å². The molecule has 1 aliphatic rings. The maximum absolute atomic E-state index is 12.0. The third-order valence-electron chi connectivity index (χ3n) is 2.82. The molecule has 0 bridgehead atoms. The lowest BCUT2D eigenvalue weighted by atomic mass is 10.1. The van der Waals surface area contributed by atoms with E-state index in [9.17, 15) is 14.4 Å². The van der Waals surface area contributed by atoms with Crippen molar-refractivity contribution in [1.29, 1.82) is 0 Å². The molecule has 3 amide bonds. The molecule has 2 heterocycles. The zero-order valence-electron chi connectivity index (χ0n) is 11.1. The third-order valence-corrected chi connectivity index (χ3v) is 3.82. The number of carbonyl (C=O) groups excluding carboxylic acids is 3. The molecule has 0 spiro atoms. The smallest absolute Gasteiger partial charge is 0.262 e. The summed E-state index contributed by atoms with van der Waals surface area (Å²) in [5.74, 6) is 4.47. The van der Waals surface area contributed by atoms with Gasteiger partial charge in [0.05, 0.1) is 16.4 Å². The minimum absolute atomic E-state index is 0.00122. The molecule has 1 unspecified atom stereocenters. The summed E-state index contributed by atoms with van der Waals surface area (Å²) in [5, 5.41) is 13.4. The number of imide groups is 1. The van der Waals surface area contributed by atoms with E-state index in [1.807, 2.05) is 0 Å². The van der Waals surface area contributed by atoms with E-state index < -0.39 is 11.9 Å². The first kappa shape index (κ1) is 15.2. The topological polar surface area (TPSA) is 95.5 Å². The van der Waals surface area contributed by atoms with E-state index in [0.717, 1.165) is 4.88 Å². The van der Waals surface area contributed by atoms with Crippen molar-refractivity contribution in [3.05, 3.63) is 21.9 Å². The minimum Gasteiger partial charge on any atom is -0.395 e. The second-order valence-electron chi connectivity index (χ2n) is 4.42. The van der Waals surface area contributed by atoms with E-state index in [-0.39, 0.29) is 24.8 Å². The Morgan fingerprint density at radius 3 is 3.00 bits per heavy atom. The van der Waals surface area contributed by atoms with Crippen molar-refractivity contribution in [3.8, 4) is 11.8 Å². The number of rotatable bonds is 3. The van der Waals surface area contributed by atoms with Gasteiger partial charge in [-0.15, -0.1) is 11.3 Å². The lowest BCUT2D eigenvalue weighted by Gasteiger charge is -2.21. The number of aliphatic hydroxyl groups is 1. The summed E-state index contributed by atoms with van der Waals surface area (Å²) in [4.78, 5) is 35.8. The zero-order chi connectivity index (χ0) is 15.2. The van der Waals surface area contributed by atoms with Gasteiger partial charge in [-0.2, -0.15) is 0 Å². The molecule has 0 aliphatic carbocycles. The lowest BCUT2D eigenvalue weighted by molar-refractivity contribution is -0.134. The second kappa shape index (κ2) is 7.02. The van der Waals surface area contributed by atoms with Gasteiger partial charge in [0.2, 0.25) is 11.8 Å². The number of amides is 3. The summed E-state index contributed by atoms with van der Waals surface area (Å²) < 4.78 is 0. The van der Waals surface area contributed by atoms with E-state index in [1.165, 1.54) is 11.3 Å². The van der Waals surface area contributed by atoms with Crippen LogP contribution in [0.25, 0.3) is 0 Å². The first-order valence-corrected chi connectivity index (χ1v) is 7.26. The quantitative estimate of drug-likeness (QED) is 0.542. The summed E-state index contributed by atoms with van der Waals surface area (Å²) in [5.41, 5.74) is 0. The highest BCUT2D eigenvalue weighted by Gasteiger charge is 2.28. The Balaban J connectivity index is 1.96. The molecule has 1 fully saturated rings. The lowest BCUT2D eigenvalue weighted by Crippen LogP contribution is -2.52. The number of carbonyl (C=O) groups is 3. The average Bonchev–Trinajstić information content (AvgIpc) is 2.91. The normalized spacial score (nSPS) is 17.7. The number of piperidine rings is 1. The molecule has 2 rings (SSSR count). The molecular weight excluding hydrogens is 292 g/mol. The molecule has 1 aromatic heterocycles. The van der Waals surface area contributed by atoms with E-state index in [2.05, 4.69) is 22.5 Å². The van der Waals surface area contributed by atoms with Gasteiger partial charge in [-0.05, 0) is 18.6 Å². The van der Waals surface area contributed by atoms with E-state index in [4.69, 9.17) is 5.11 Å². The van der Waals surface area contributed by atoms with Gasteiger partial charge in [0.25, 0.3) is 5.91 Å². The summed E-state index contributed by atoms with van der Waals surface area (Å²) in [6.07, 6.45) is 0.916. The van der Waals surface area contributed by atoms with Crippen molar-refractivity contribution in [2.75, 3.05) is 6.61 Å². The maximum atomic E-state index is 12.0. The van der Waals surface area contributed by atoms with Crippen LogP contribution in [-0.2, 0) is 9.59 Å². The highest BCUT2D eigenvalue weighted by Crippen LogP contribution is 2.16. The van der Waals surface area contributed by atoms with Gasteiger partial charge in [-0.25, -0.2) is 0 Å². The highest BCUT2D eigenvalue weighted by molar-refractivity contribution is 7.14. The van der Waals surface area contributed by atoms with Crippen LogP contribution in [0.2, 0.25) is 0 Å². The molecule has 21 heavy (non-hydrogen) atoms. The molecule has 110 valence electrons. The molecule has 1 saturated heterocycles. The van der Waals surface area contributed by atoms with Crippen molar-refractivity contribution in [3.63, 3.8) is 0 Å². The van der Waals surface area contributed by atoms with E-state index in [1.54, 1.807) is 12.1 Å². The minimum atomic E-state index is -0.679. The second-order valence-corrected chi connectivity index (χ2v) is 5.50. The monoisotopic (exact) mass is 306 g/mol. The van der Waals surface area contributed by atoms with Gasteiger partial charge in [0, 0.05) is 12.8 Å². The van der Waals surface area contributed by atoms with Crippen LogP contribution in [0.1, 0.15) is 33.8 Å². The number of hydrogen-bond donors (Lipinski definition) is 3. The molecule has 0 radical (unpaired) electrons. The predicted octanol–water partition coefficient (Wildman–Crippen LogP) is 0.0170. The maximum Gasteiger partial charge on any atom is 0.262 e. The molecule has 0 saturated carbocycles. The molecule has 1 atom stereocenters. The van der Waals surface area contributed by atoms with E-state index >= 15 is 0 Å². The van der Waals surface area contributed by atoms with Gasteiger partial charge in [-0.1, -0.05) is 11.8 Å². The predicted molar refractivity (Wildman–Crippen MR) is 76.5 cm³/mol. The average molecular weight is 306 g/mol. The van der Waals surface area contributed by atoms with Crippen LogP contribution < -0.4 is 10.6 Å². The summed E-state index contributed by atoms with van der Waals surface area (Å²) >= 11 is 1.22. The first-order valence-electron chi connectivity index (χ1n) is 6.44. The summed E-state index contributed by atoms with van der Waals surface area (Å²) in [6, 6.07) is 2.67. The Kier molecular flexibility index (Phi) is 5.09. The largest absolute Gasteiger partial charge is 0.395 e. The van der Waals surface area contributed by atoms with Crippen molar-refractivity contribution in [2.45, 2.75) is 25.3 Å². The SMILES string of the molecule is O=C1CCC(NC(=O)c2ccc(C#CCCO)s2)C(=O)N1. The Hall–Kier alpha value is -2.17. The summed E-state index contributed by atoms with van der Waals surface area (Å²) in [7, 11) is 0. The number of hydrogen-bond acceptors (Lipinski definition) is 5. The van der Waals surface area contributed by atoms with Crippen molar-refractivity contribution >= 4 is 29.1 Å². The molecular formula is C14H14N2O4S. The molecule has 6 nitrogen and oxygen atoms in total. The third kappa shape index (κ3) is 4.15. The van der Waals surface area contributed by atoms with Gasteiger partial charge >= 0.3 is 0 Å². The van der Waals surface area contributed by atoms with Crippen molar-refractivity contribution < 1.29 is 19.5 Å². The first-order chi connectivity index (χ1) is 10.1. The fourth-order valence-electron chi connectivity index (χ4n) is 1.79.